The minimum absolute atomic E-state index is 0.0353. The molecule has 0 saturated carbocycles. The molecule has 0 aromatic heterocycles. The average Bonchev–Trinajstić information content (AvgIpc) is 3.03. The zero-order valence-electron chi connectivity index (χ0n) is 24.6. The van der Waals surface area contributed by atoms with Crippen LogP contribution in [0.2, 0.25) is 5.02 Å². The SMILES string of the molecule is CCCNC(=O)[C@@H](Cc1ccccc1)N(Cc1ccc(Br)cc1)C(=O)CN(c1cc(Cl)ccc1C)S(=O)(=O)c1ccccc1. The van der Waals surface area contributed by atoms with Gasteiger partial charge in [0.25, 0.3) is 10.0 Å². The van der Waals surface area contributed by atoms with Crippen molar-refractivity contribution in [1.29, 1.82) is 0 Å². The number of anilines is 1. The van der Waals surface area contributed by atoms with Crippen LogP contribution in [0.15, 0.2) is 112 Å². The molecule has 4 rings (SSSR count). The predicted octanol–water partition coefficient (Wildman–Crippen LogP) is 6.77. The van der Waals surface area contributed by atoms with Gasteiger partial charge in [-0.1, -0.05) is 101 Å². The fourth-order valence-electron chi connectivity index (χ4n) is 4.79. The van der Waals surface area contributed by atoms with E-state index in [0.29, 0.717) is 17.1 Å². The summed E-state index contributed by atoms with van der Waals surface area (Å²) in [4.78, 5) is 29.7. The lowest BCUT2D eigenvalue weighted by molar-refractivity contribution is -0.140. The molecular formula is C34H35BrClN3O4S. The number of hydrogen-bond donors (Lipinski definition) is 1. The lowest BCUT2D eigenvalue weighted by atomic mass is 10.0. The maximum Gasteiger partial charge on any atom is 0.264 e. The molecule has 230 valence electrons. The van der Waals surface area contributed by atoms with Gasteiger partial charge < -0.3 is 10.2 Å². The van der Waals surface area contributed by atoms with Crippen LogP contribution in [0.3, 0.4) is 0 Å². The third-order valence-corrected chi connectivity index (χ3v) is 9.67. The van der Waals surface area contributed by atoms with E-state index >= 15 is 0 Å². The number of aryl methyl sites for hydroxylation is 1. The Balaban J connectivity index is 1.81. The number of benzene rings is 4. The molecule has 0 aliphatic heterocycles. The molecule has 4 aromatic carbocycles. The van der Waals surface area contributed by atoms with Crippen LogP contribution in [-0.2, 0) is 32.6 Å². The lowest BCUT2D eigenvalue weighted by Crippen LogP contribution is -2.53. The van der Waals surface area contributed by atoms with E-state index in [4.69, 9.17) is 11.6 Å². The number of hydrogen-bond acceptors (Lipinski definition) is 4. The van der Waals surface area contributed by atoms with Crippen molar-refractivity contribution in [1.82, 2.24) is 10.2 Å². The molecular weight excluding hydrogens is 662 g/mol. The van der Waals surface area contributed by atoms with E-state index in [0.717, 1.165) is 26.3 Å². The Morgan fingerprint density at radius 2 is 1.52 bits per heavy atom. The van der Waals surface area contributed by atoms with Crippen LogP contribution >= 0.6 is 27.5 Å². The van der Waals surface area contributed by atoms with Gasteiger partial charge in [0.15, 0.2) is 0 Å². The Hall–Kier alpha value is -3.66. The Kier molecular flexibility index (Phi) is 11.6. The molecule has 0 bridgehead atoms. The van der Waals surface area contributed by atoms with Crippen molar-refractivity contribution in [3.8, 4) is 0 Å². The lowest BCUT2D eigenvalue weighted by Gasteiger charge is -2.34. The topological polar surface area (TPSA) is 86.8 Å². The summed E-state index contributed by atoms with van der Waals surface area (Å²) >= 11 is 9.79. The first kappa shape index (κ1) is 33.2. The van der Waals surface area contributed by atoms with E-state index in [1.165, 1.54) is 17.0 Å². The second-order valence-electron chi connectivity index (χ2n) is 10.4. The quantitative estimate of drug-likeness (QED) is 0.167. The average molecular weight is 697 g/mol. The molecule has 0 aliphatic carbocycles. The van der Waals surface area contributed by atoms with Crippen molar-refractivity contribution in [3.63, 3.8) is 0 Å². The van der Waals surface area contributed by atoms with Gasteiger partial charge in [-0.2, -0.15) is 0 Å². The standard InChI is InChI=1S/C34H35BrClN3O4S/c1-3-20-37-34(41)32(21-26-10-6-4-7-11-26)38(23-27-15-17-28(35)18-16-27)33(40)24-39(31-22-29(36)19-14-25(31)2)44(42,43)30-12-8-5-9-13-30/h4-19,22,32H,3,20-21,23-24H2,1-2H3,(H,37,41)/t32-/m1/s1. The smallest absolute Gasteiger partial charge is 0.264 e. The van der Waals surface area contributed by atoms with E-state index in [1.807, 2.05) is 61.5 Å². The molecule has 0 aliphatic rings. The number of halogens is 2. The first-order valence-corrected chi connectivity index (χ1v) is 16.9. The number of nitrogens with zero attached hydrogens (tertiary/aromatic N) is 2. The maximum atomic E-state index is 14.5. The monoisotopic (exact) mass is 695 g/mol. The number of carbonyl (C=O) groups is 2. The van der Waals surface area contributed by atoms with Crippen LogP contribution in [0.1, 0.15) is 30.0 Å². The summed E-state index contributed by atoms with van der Waals surface area (Å²) < 4.78 is 30.2. The van der Waals surface area contributed by atoms with Crippen LogP contribution in [-0.4, -0.2) is 44.3 Å². The number of nitrogens with one attached hydrogen (secondary N) is 1. The summed E-state index contributed by atoms with van der Waals surface area (Å²) in [5.41, 5.74) is 2.58. The highest BCUT2D eigenvalue weighted by Gasteiger charge is 2.35. The second kappa shape index (κ2) is 15.4. The molecule has 0 heterocycles. The van der Waals surface area contributed by atoms with Crippen LogP contribution in [0.5, 0.6) is 0 Å². The van der Waals surface area contributed by atoms with Gasteiger partial charge in [0.05, 0.1) is 10.6 Å². The molecule has 0 fully saturated rings. The normalized spacial score (nSPS) is 11.9. The van der Waals surface area contributed by atoms with E-state index in [9.17, 15) is 18.0 Å². The van der Waals surface area contributed by atoms with Gasteiger partial charge in [0.2, 0.25) is 11.8 Å². The van der Waals surface area contributed by atoms with Gasteiger partial charge in [-0.25, -0.2) is 8.42 Å². The predicted molar refractivity (Wildman–Crippen MR) is 179 cm³/mol. The third-order valence-electron chi connectivity index (χ3n) is 7.14. The van der Waals surface area contributed by atoms with Crippen molar-refractivity contribution in [3.05, 3.63) is 129 Å². The van der Waals surface area contributed by atoms with Gasteiger partial charge in [0.1, 0.15) is 12.6 Å². The summed E-state index contributed by atoms with van der Waals surface area (Å²) in [6.07, 6.45) is 0.974. The maximum absolute atomic E-state index is 14.5. The number of sulfonamides is 1. The molecule has 10 heteroatoms. The fourth-order valence-corrected chi connectivity index (χ4v) is 6.71. The minimum Gasteiger partial charge on any atom is -0.354 e. The minimum atomic E-state index is -4.20. The van der Waals surface area contributed by atoms with Gasteiger partial charge in [0, 0.05) is 29.0 Å². The van der Waals surface area contributed by atoms with Crippen molar-refractivity contribution >= 4 is 55.1 Å². The summed E-state index contributed by atoms with van der Waals surface area (Å²) in [5, 5.41) is 3.28. The summed E-state index contributed by atoms with van der Waals surface area (Å²) in [6, 6.07) is 28.9. The Morgan fingerprint density at radius 3 is 2.16 bits per heavy atom. The summed E-state index contributed by atoms with van der Waals surface area (Å²) in [5.74, 6) is -0.836. The molecule has 1 N–H and O–H groups in total. The molecule has 2 amide bonds. The Labute approximate surface area is 273 Å². The van der Waals surface area contributed by atoms with Gasteiger partial charge in [-0.05, 0) is 66.4 Å². The van der Waals surface area contributed by atoms with Crippen molar-refractivity contribution in [2.24, 2.45) is 0 Å². The Bertz CT molecular complexity index is 1670. The highest BCUT2D eigenvalue weighted by Crippen LogP contribution is 2.30. The van der Waals surface area contributed by atoms with E-state index in [2.05, 4.69) is 21.2 Å². The van der Waals surface area contributed by atoms with E-state index in [1.54, 1.807) is 43.3 Å². The summed E-state index contributed by atoms with van der Waals surface area (Å²) in [6.45, 7) is 3.72. The number of amides is 2. The number of rotatable bonds is 13. The first-order valence-electron chi connectivity index (χ1n) is 14.3. The third kappa shape index (κ3) is 8.49. The van der Waals surface area contributed by atoms with Crippen LogP contribution < -0.4 is 9.62 Å². The van der Waals surface area contributed by atoms with Crippen LogP contribution in [0, 0.1) is 6.92 Å². The second-order valence-corrected chi connectivity index (χ2v) is 13.6. The first-order chi connectivity index (χ1) is 21.1. The highest BCUT2D eigenvalue weighted by atomic mass is 79.9. The molecule has 44 heavy (non-hydrogen) atoms. The van der Waals surface area contributed by atoms with Gasteiger partial charge >= 0.3 is 0 Å². The van der Waals surface area contributed by atoms with E-state index in [-0.39, 0.29) is 29.5 Å². The Morgan fingerprint density at radius 1 is 0.886 bits per heavy atom. The summed E-state index contributed by atoms with van der Waals surface area (Å²) in [7, 11) is -4.20. The molecule has 7 nitrogen and oxygen atoms in total. The molecule has 0 spiro atoms. The zero-order chi connectivity index (χ0) is 31.7. The molecule has 0 saturated heterocycles. The van der Waals surface area contributed by atoms with Gasteiger partial charge in [-0.15, -0.1) is 0 Å². The van der Waals surface area contributed by atoms with Crippen LogP contribution in [0.25, 0.3) is 0 Å². The number of carbonyl (C=O) groups excluding carboxylic acids is 2. The molecule has 4 aromatic rings. The molecule has 1 atom stereocenters. The molecule has 0 unspecified atom stereocenters. The fraction of sp³-hybridized carbons (Fsp3) is 0.235. The largest absolute Gasteiger partial charge is 0.354 e. The van der Waals surface area contributed by atoms with Crippen LogP contribution in [0.4, 0.5) is 5.69 Å². The van der Waals surface area contributed by atoms with Crippen molar-refractivity contribution in [2.45, 2.75) is 44.2 Å². The zero-order valence-corrected chi connectivity index (χ0v) is 27.8. The molecule has 0 radical (unpaired) electrons. The van der Waals surface area contributed by atoms with Crippen molar-refractivity contribution < 1.29 is 18.0 Å². The van der Waals surface area contributed by atoms with Gasteiger partial charge in [-0.3, -0.25) is 13.9 Å². The highest BCUT2D eigenvalue weighted by molar-refractivity contribution is 9.10. The van der Waals surface area contributed by atoms with E-state index < -0.39 is 28.5 Å². The van der Waals surface area contributed by atoms with Crippen molar-refractivity contribution in [2.75, 3.05) is 17.4 Å².